The van der Waals surface area contributed by atoms with Crippen molar-refractivity contribution in [2.24, 2.45) is 0 Å². The average molecular weight is 212 g/mol. The number of carbonyl (C=O) groups excluding carboxylic acids is 1. The zero-order valence-corrected chi connectivity index (χ0v) is 8.65. The molecule has 5 nitrogen and oxygen atoms in total. The van der Waals surface area contributed by atoms with Crippen LogP contribution in [0.1, 0.15) is 12.2 Å². The second-order valence-corrected chi connectivity index (χ2v) is 3.68. The molecular formula is C8H12N4OS. The van der Waals surface area contributed by atoms with Crippen LogP contribution in [-0.2, 0) is 17.9 Å². The molecule has 0 spiro atoms. The fraction of sp³-hybridized carbons (Fsp3) is 0.625. The summed E-state index contributed by atoms with van der Waals surface area (Å²) in [5.41, 5.74) is 0. The monoisotopic (exact) mass is 212 g/mol. The molecule has 0 saturated heterocycles. The van der Waals surface area contributed by atoms with Crippen LogP contribution in [0.4, 0.5) is 0 Å². The van der Waals surface area contributed by atoms with Crippen molar-refractivity contribution in [1.29, 1.82) is 0 Å². The van der Waals surface area contributed by atoms with Gasteiger partial charge in [-0.1, -0.05) is 0 Å². The van der Waals surface area contributed by atoms with Gasteiger partial charge in [-0.05, 0) is 5.75 Å². The third-order valence-corrected chi connectivity index (χ3v) is 2.54. The van der Waals surface area contributed by atoms with Crippen molar-refractivity contribution in [2.75, 3.05) is 12.3 Å². The van der Waals surface area contributed by atoms with Crippen LogP contribution in [0, 0.1) is 0 Å². The quantitative estimate of drug-likeness (QED) is 0.699. The summed E-state index contributed by atoms with van der Waals surface area (Å²) in [6, 6.07) is 0. The highest BCUT2D eigenvalue weighted by Crippen LogP contribution is 2.10. The normalized spacial score (nSPS) is 15.4. The summed E-state index contributed by atoms with van der Waals surface area (Å²) in [5, 5.41) is 7.75. The molecule has 0 bridgehead atoms. The minimum Gasteiger partial charge on any atom is -0.333 e. The number of rotatable bonds is 2. The van der Waals surface area contributed by atoms with Gasteiger partial charge in [0, 0.05) is 19.5 Å². The van der Waals surface area contributed by atoms with Crippen molar-refractivity contribution in [1.82, 2.24) is 19.7 Å². The third kappa shape index (κ3) is 1.75. The summed E-state index contributed by atoms with van der Waals surface area (Å²) in [6.07, 6.45) is 2.20. The van der Waals surface area contributed by atoms with Gasteiger partial charge in [-0.25, -0.2) is 0 Å². The number of fused-ring (bicyclic) bond motifs is 1. The van der Waals surface area contributed by atoms with Gasteiger partial charge in [0.25, 0.3) is 0 Å². The largest absolute Gasteiger partial charge is 0.333 e. The Balaban J connectivity index is 2.04. The van der Waals surface area contributed by atoms with Gasteiger partial charge in [0.05, 0.1) is 6.54 Å². The number of hydrogen-bond donors (Lipinski definition) is 1. The van der Waals surface area contributed by atoms with Gasteiger partial charge < -0.3 is 9.47 Å². The van der Waals surface area contributed by atoms with E-state index >= 15 is 0 Å². The molecule has 0 atom stereocenters. The Morgan fingerprint density at radius 2 is 2.43 bits per heavy atom. The number of nitrogens with zero attached hydrogens (tertiary/aromatic N) is 4. The number of hydrogen-bond acceptors (Lipinski definition) is 4. The standard InChI is InChI=1S/C8H12N4OS/c13-8(1-4-14)11-2-3-12-6-9-10-7(12)5-11/h6,14H,1-5H2. The van der Waals surface area contributed by atoms with E-state index < -0.39 is 0 Å². The van der Waals surface area contributed by atoms with Gasteiger partial charge in [-0.15, -0.1) is 10.2 Å². The maximum Gasteiger partial charge on any atom is 0.223 e. The predicted octanol–water partition coefficient (Wildman–Crippen LogP) is -0.0598. The van der Waals surface area contributed by atoms with Crippen molar-refractivity contribution in [2.45, 2.75) is 19.5 Å². The second-order valence-electron chi connectivity index (χ2n) is 3.23. The minimum atomic E-state index is 0.147. The molecule has 0 radical (unpaired) electrons. The van der Waals surface area contributed by atoms with E-state index in [4.69, 9.17) is 0 Å². The lowest BCUT2D eigenvalue weighted by Gasteiger charge is -2.26. The molecule has 6 heteroatoms. The average Bonchev–Trinajstić information content (AvgIpc) is 2.64. The maximum absolute atomic E-state index is 11.5. The Labute approximate surface area is 87.5 Å². The first-order valence-electron chi connectivity index (χ1n) is 4.56. The van der Waals surface area contributed by atoms with Gasteiger partial charge in [-0.2, -0.15) is 12.6 Å². The lowest BCUT2D eigenvalue weighted by Crippen LogP contribution is -2.38. The van der Waals surface area contributed by atoms with Crippen molar-refractivity contribution in [3.8, 4) is 0 Å². The zero-order chi connectivity index (χ0) is 9.97. The Morgan fingerprint density at radius 3 is 3.21 bits per heavy atom. The Kier molecular flexibility index (Phi) is 2.72. The number of carbonyl (C=O) groups is 1. The fourth-order valence-corrected chi connectivity index (χ4v) is 1.72. The van der Waals surface area contributed by atoms with Crippen LogP contribution < -0.4 is 0 Å². The molecule has 2 heterocycles. The molecule has 1 aromatic rings. The molecule has 14 heavy (non-hydrogen) atoms. The summed E-state index contributed by atoms with van der Waals surface area (Å²) >= 11 is 4.04. The number of amides is 1. The second kappa shape index (κ2) is 4.00. The highest BCUT2D eigenvalue weighted by Gasteiger charge is 2.20. The highest BCUT2D eigenvalue weighted by molar-refractivity contribution is 7.80. The lowest BCUT2D eigenvalue weighted by molar-refractivity contribution is -0.132. The molecular weight excluding hydrogens is 200 g/mol. The molecule has 0 saturated carbocycles. The van der Waals surface area contributed by atoms with Crippen molar-refractivity contribution < 1.29 is 4.79 Å². The number of thiol groups is 1. The van der Waals surface area contributed by atoms with E-state index in [1.807, 2.05) is 4.57 Å². The summed E-state index contributed by atoms with van der Waals surface area (Å²) in [5.74, 6) is 1.61. The molecule has 1 aliphatic rings. The topological polar surface area (TPSA) is 51.0 Å². The first kappa shape index (κ1) is 9.51. The van der Waals surface area contributed by atoms with Crippen LogP contribution in [0.2, 0.25) is 0 Å². The summed E-state index contributed by atoms with van der Waals surface area (Å²) < 4.78 is 1.98. The SMILES string of the molecule is O=C(CCS)N1CCn2cnnc2C1. The molecule has 76 valence electrons. The van der Waals surface area contributed by atoms with Crippen LogP contribution in [-0.4, -0.2) is 37.9 Å². The van der Waals surface area contributed by atoms with E-state index in [-0.39, 0.29) is 5.91 Å². The van der Waals surface area contributed by atoms with Gasteiger partial charge in [0.15, 0.2) is 5.82 Å². The first-order valence-corrected chi connectivity index (χ1v) is 5.20. The molecule has 0 aliphatic carbocycles. The fourth-order valence-electron chi connectivity index (χ4n) is 1.53. The molecule has 0 aromatic carbocycles. The minimum absolute atomic E-state index is 0.147. The smallest absolute Gasteiger partial charge is 0.223 e. The molecule has 1 aliphatic heterocycles. The Morgan fingerprint density at radius 1 is 1.57 bits per heavy atom. The van der Waals surface area contributed by atoms with E-state index in [2.05, 4.69) is 22.8 Å². The molecule has 0 N–H and O–H groups in total. The van der Waals surface area contributed by atoms with Gasteiger partial charge in [0.1, 0.15) is 6.33 Å². The van der Waals surface area contributed by atoms with Crippen LogP contribution in [0.25, 0.3) is 0 Å². The molecule has 2 rings (SSSR count). The summed E-state index contributed by atoms with van der Waals surface area (Å²) in [6.45, 7) is 2.12. The van der Waals surface area contributed by atoms with Crippen molar-refractivity contribution >= 4 is 18.5 Å². The molecule has 1 aromatic heterocycles. The predicted molar refractivity (Wildman–Crippen MR) is 53.9 cm³/mol. The van der Waals surface area contributed by atoms with Gasteiger partial charge in [0.2, 0.25) is 5.91 Å². The number of aromatic nitrogens is 3. The summed E-state index contributed by atoms with van der Waals surface area (Å²) in [4.78, 5) is 13.4. The van der Waals surface area contributed by atoms with Crippen LogP contribution in [0.15, 0.2) is 6.33 Å². The van der Waals surface area contributed by atoms with Crippen LogP contribution in [0.3, 0.4) is 0 Å². The highest BCUT2D eigenvalue weighted by atomic mass is 32.1. The van der Waals surface area contributed by atoms with E-state index in [9.17, 15) is 4.79 Å². The molecule has 0 fully saturated rings. The van der Waals surface area contributed by atoms with E-state index in [1.54, 1.807) is 11.2 Å². The molecule has 1 amide bonds. The third-order valence-electron chi connectivity index (χ3n) is 2.32. The van der Waals surface area contributed by atoms with Crippen LogP contribution in [0.5, 0.6) is 0 Å². The zero-order valence-electron chi connectivity index (χ0n) is 7.76. The maximum atomic E-state index is 11.5. The summed E-state index contributed by atoms with van der Waals surface area (Å²) in [7, 11) is 0. The first-order chi connectivity index (χ1) is 6.81. The Hall–Kier alpha value is -1.04. The lowest BCUT2D eigenvalue weighted by atomic mass is 10.3. The molecule has 0 unspecified atom stereocenters. The van der Waals surface area contributed by atoms with E-state index in [0.29, 0.717) is 18.7 Å². The van der Waals surface area contributed by atoms with Gasteiger partial charge in [-0.3, -0.25) is 4.79 Å². The van der Waals surface area contributed by atoms with Crippen molar-refractivity contribution in [3.63, 3.8) is 0 Å². The van der Waals surface area contributed by atoms with Crippen LogP contribution >= 0.6 is 12.6 Å². The Bertz CT molecular complexity index is 338. The van der Waals surface area contributed by atoms with Crippen molar-refractivity contribution in [3.05, 3.63) is 12.2 Å². The van der Waals surface area contributed by atoms with Gasteiger partial charge >= 0.3 is 0 Å². The van der Waals surface area contributed by atoms with E-state index in [1.165, 1.54) is 0 Å². The van der Waals surface area contributed by atoms with E-state index in [0.717, 1.165) is 18.9 Å².